The number of hydrogen-bond acceptors (Lipinski definition) is 1. The first-order chi connectivity index (χ1) is 13.9. The highest BCUT2D eigenvalue weighted by Crippen LogP contribution is 2.30. The van der Waals surface area contributed by atoms with Gasteiger partial charge in [0.05, 0.1) is 20.1 Å². The second-order valence-corrected chi connectivity index (χ2v) is 8.78. The van der Waals surface area contributed by atoms with E-state index < -0.39 is 11.6 Å². The van der Waals surface area contributed by atoms with E-state index in [0.29, 0.717) is 19.4 Å². The van der Waals surface area contributed by atoms with E-state index in [-0.39, 0.29) is 11.7 Å². The fraction of sp³-hybridized carbons (Fsp3) is 0.520. The summed E-state index contributed by atoms with van der Waals surface area (Å²) in [6.45, 7) is 8.09. The van der Waals surface area contributed by atoms with Crippen LogP contribution in [0, 0.1) is 25.5 Å². The van der Waals surface area contributed by atoms with Crippen LogP contribution in [-0.4, -0.2) is 37.8 Å². The molecule has 0 N–H and O–H groups in total. The van der Waals surface area contributed by atoms with Gasteiger partial charge in [0.25, 0.3) is 0 Å². The number of aryl methyl sites for hydroxylation is 2. The van der Waals surface area contributed by atoms with Crippen LogP contribution in [0.15, 0.2) is 36.4 Å². The van der Waals surface area contributed by atoms with Gasteiger partial charge in [0.2, 0.25) is 0 Å². The van der Waals surface area contributed by atoms with E-state index in [2.05, 4.69) is 39.1 Å². The molecule has 1 heterocycles. The third-order valence-corrected chi connectivity index (χ3v) is 6.32. The van der Waals surface area contributed by atoms with E-state index in [1.165, 1.54) is 67.2 Å². The Labute approximate surface area is 174 Å². The van der Waals surface area contributed by atoms with Crippen molar-refractivity contribution < 1.29 is 18.0 Å². The zero-order chi connectivity index (χ0) is 20.9. The molecule has 0 aliphatic carbocycles. The Hall–Kier alpha value is -1.78. The molecular formula is C25H34F2NO+. The van der Waals surface area contributed by atoms with E-state index in [0.717, 1.165) is 11.0 Å². The summed E-state index contributed by atoms with van der Waals surface area (Å²) in [6, 6.07) is 10.4. The van der Waals surface area contributed by atoms with Crippen LogP contribution in [0.2, 0.25) is 0 Å². The van der Waals surface area contributed by atoms with E-state index >= 15 is 0 Å². The van der Waals surface area contributed by atoms with Gasteiger partial charge in [-0.2, -0.15) is 0 Å². The molecule has 0 amide bonds. The van der Waals surface area contributed by atoms with Gasteiger partial charge < -0.3 is 9.22 Å². The molecule has 2 aromatic carbocycles. The summed E-state index contributed by atoms with van der Waals surface area (Å²) in [6.07, 6.45) is 4.81. The molecule has 0 aromatic heterocycles. The summed E-state index contributed by atoms with van der Waals surface area (Å²) >= 11 is 0. The van der Waals surface area contributed by atoms with Gasteiger partial charge in [0.1, 0.15) is 24.3 Å². The SMILES string of the molecule is Cc1cccc(C)c1C(C[N+]1(C)CCCCC1)OCCCc1c(F)cccc1F. The fourth-order valence-corrected chi connectivity index (χ4v) is 4.67. The third-order valence-electron chi connectivity index (χ3n) is 6.32. The molecule has 29 heavy (non-hydrogen) atoms. The minimum atomic E-state index is -0.470. The Morgan fingerprint density at radius 1 is 0.931 bits per heavy atom. The van der Waals surface area contributed by atoms with Gasteiger partial charge in [0, 0.05) is 12.2 Å². The highest BCUT2D eigenvalue weighted by atomic mass is 19.1. The van der Waals surface area contributed by atoms with Crippen molar-refractivity contribution >= 4 is 0 Å². The molecule has 1 aliphatic rings. The van der Waals surface area contributed by atoms with E-state index in [4.69, 9.17) is 4.74 Å². The third kappa shape index (κ3) is 5.64. The molecule has 0 spiro atoms. The van der Waals surface area contributed by atoms with Crippen molar-refractivity contribution in [3.05, 3.63) is 70.3 Å². The number of nitrogens with zero attached hydrogens (tertiary/aromatic N) is 1. The lowest BCUT2D eigenvalue weighted by Crippen LogP contribution is -2.50. The largest absolute Gasteiger partial charge is 0.368 e. The maximum atomic E-state index is 13.9. The predicted octanol–water partition coefficient (Wildman–Crippen LogP) is 5.90. The first-order valence-electron chi connectivity index (χ1n) is 10.8. The van der Waals surface area contributed by atoms with Gasteiger partial charge in [-0.1, -0.05) is 24.3 Å². The van der Waals surface area contributed by atoms with Crippen molar-refractivity contribution in [2.45, 2.75) is 52.1 Å². The molecule has 0 bridgehead atoms. The smallest absolute Gasteiger partial charge is 0.132 e. The monoisotopic (exact) mass is 402 g/mol. The van der Waals surface area contributed by atoms with Crippen molar-refractivity contribution in [2.75, 3.05) is 33.3 Å². The molecule has 1 saturated heterocycles. The average molecular weight is 403 g/mol. The molecule has 0 saturated carbocycles. The Balaban J connectivity index is 1.70. The first-order valence-corrected chi connectivity index (χ1v) is 10.8. The molecule has 2 nitrogen and oxygen atoms in total. The van der Waals surface area contributed by atoms with Crippen LogP contribution < -0.4 is 0 Å². The molecule has 4 heteroatoms. The number of hydrogen-bond donors (Lipinski definition) is 0. The van der Waals surface area contributed by atoms with Crippen molar-refractivity contribution in [3.8, 4) is 0 Å². The average Bonchev–Trinajstić information content (AvgIpc) is 2.67. The predicted molar refractivity (Wildman–Crippen MR) is 114 cm³/mol. The van der Waals surface area contributed by atoms with E-state index in [1.807, 2.05) is 0 Å². The van der Waals surface area contributed by atoms with Crippen LogP contribution in [0.25, 0.3) is 0 Å². The lowest BCUT2D eigenvalue weighted by Gasteiger charge is -2.40. The van der Waals surface area contributed by atoms with Gasteiger partial charge in [0.15, 0.2) is 0 Å². The lowest BCUT2D eigenvalue weighted by atomic mass is 9.96. The molecule has 2 aromatic rings. The maximum absolute atomic E-state index is 13.9. The number of benzene rings is 2. The van der Waals surface area contributed by atoms with Gasteiger partial charge in [-0.25, -0.2) is 8.78 Å². The molecule has 1 fully saturated rings. The summed E-state index contributed by atoms with van der Waals surface area (Å²) in [7, 11) is 2.33. The molecule has 3 rings (SSSR count). The zero-order valence-corrected chi connectivity index (χ0v) is 18.0. The van der Waals surface area contributed by atoms with E-state index in [1.54, 1.807) is 0 Å². The quantitative estimate of drug-likeness (QED) is 0.394. The number of quaternary nitrogens is 1. The van der Waals surface area contributed by atoms with Gasteiger partial charge in [-0.05, 0) is 74.8 Å². The molecular weight excluding hydrogens is 368 g/mol. The van der Waals surface area contributed by atoms with Gasteiger partial charge in [-0.15, -0.1) is 0 Å². The van der Waals surface area contributed by atoms with Crippen LogP contribution in [0.5, 0.6) is 0 Å². The Morgan fingerprint density at radius 3 is 2.14 bits per heavy atom. The minimum absolute atomic E-state index is 0.00441. The summed E-state index contributed by atoms with van der Waals surface area (Å²) in [5, 5.41) is 0. The highest BCUT2D eigenvalue weighted by molar-refractivity contribution is 5.35. The molecule has 1 atom stereocenters. The summed E-state index contributed by atoms with van der Waals surface area (Å²) < 4.78 is 35.2. The number of likely N-dealkylation sites (N-methyl/N-ethyl adjacent to an activating group) is 1. The molecule has 1 unspecified atom stereocenters. The van der Waals surface area contributed by atoms with Crippen molar-refractivity contribution in [1.82, 2.24) is 0 Å². The molecule has 158 valence electrons. The number of likely N-dealkylation sites (tertiary alicyclic amines) is 1. The number of piperidine rings is 1. The van der Waals surface area contributed by atoms with Crippen LogP contribution in [0.1, 0.15) is 54.0 Å². The summed E-state index contributed by atoms with van der Waals surface area (Å²) in [5.41, 5.74) is 3.93. The van der Waals surface area contributed by atoms with Crippen LogP contribution in [0.3, 0.4) is 0 Å². The second-order valence-electron chi connectivity index (χ2n) is 8.78. The van der Waals surface area contributed by atoms with E-state index in [9.17, 15) is 8.78 Å². The lowest BCUT2D eigenvalue weighted by molar-refractivity contribution is -0.917. The zero-order valence-electron chi connectivity index (χ0n) is 18.0. The number of rotatable bonds is 8. The first kappa shape index (κ1) is 21.9. The summed E-state index contributed by atoms with van der Waals surface area (Å²) in [5.74, 6) is -0.939. The van der Waals surface area contributed by atoms with Crippen LogP contribution in [-0.2, 0) is 11.2 Å². The Bertz CT molecular complexity index is 774. The Morgan fingerprint density at radius 2 is 1.52 bits per heavy atom. The molecule has 1 aliphatic heterocycles. The van der Waals surface area contributed by atoms with Gasteiger partial charge in [-0.3, -0.25) is 0 Å². The van der Waals surface area contributed by atoms with Crippen molar-refractivity contribution in [1.29, 1.82) is 0 Å². The number of halogens is 2. The maximum Gasteiger partial charge on any atom is 0.132 e. The Kier molecular flexibility index (Phi) is 7.42. The van der Waals surface area contributed by atoms with Crippen LogP contribution >= 0.6 is 0 Å². The van der Waals surface area contributed by atoms with Crippen molar-refractivity contribution in [3.63, 3.8) is 0 Å². The standard InChI is InChI=1S/C25H34F2NO/c1-19-10-7-11-20(2)25(19)24(18-28(3)15-5-4-6-16-28)29-17-9-12-21-22(26)13-8-14-23(21)27/h7-8,10-11,13-14,24H,4-6,9,12,15-18H2,1-3H3/q+1. The normalized spacial score (nSPS) is 17.3. The topological polar surface area (TPSA) is 9.23 Å². The summed E-state index contributed by atoms with van der Waals surface area (Å²) in [4.78, 5) is 0. The van der Waals surface area contributed by atoms with Gasteiger partial charge >= 0.3 is 0 Å². The van der Waals surface area contributed by atoms with Crippen LogP contribution in [0.4, 0.5) is 8.78 Å². The fourth-order valence-electron chi connectivity index (χ4n) is 4.67. The second kappa shape index (κ2) is 9.82. The number of ether oxygens (including phenoxy) is 1. The minimum Gasteiger partial charge on any atom is -0.368 e. The molecule has 0 radical (unpaired) electrons. The van der Waals surface area contributed by atoms with Crippen molar-refractivity contribution in [2.24, 2.45) is 0 Å². The highest BCUT2D eigenvalue weighted by Gasteiger charge is 2.31.